The maximum absolute atomic E-state index is 13.6. The first-order chi connectivity index (χ1) is 13.9. The minimum absolute atomic E-state index is 0.00327. The fourth-order valence-electron chi connectivity index (χ4n) is 2.40. The Morgan fingerprint density at radius 3 is 2.41 bits per heavy atom. The monoisotopic (exact) mass is 433 g/mol. The van der Waals surface area contributed by atoms with Gasteiger partial charge in [0.25, 0.3) is 0 Å². The van der Waals surface area contributed by atoms with Gasteiger partial charge in [-0.3, -0.25) is 9.59 Å². The molecule has 0 aliphatic carbocycles. The molecule has 29 heavy (non-hydrogen) atoms. The zero-order valence-electron chi connectivity index (χ0n) is 15.4. The molecule has 3 rings (SSSR count). The van der Waals surface area contributed by atoms with Crippen molar-refractivity contribution in [3.05, 3.63) is 65.2 Å². The third kappa shape index (κ3) is 5.55. The summed E-state index contributed by atoms with van der Waals surface area (Å²) < 4.78 is 15.2. The fourth-order valence-corrected chi connectivity index (χ4v) is 3.32. The van der Waals surface area contributed by atoms with Crippen LogP contribution in [0.3, 0.4) is 0 Å². The van der Waals surface area contributed by atoms with Crippen LogP contribution in [0, 0.1) is 5.82 Å². The Morgan fingerprint density at radius 2 is 1.69 bits per heavy atom. The molecule has 150 valence electrons. The van der Waals surface area contributed by atoms with Crippen LogP contribution in [0.1, 0.15) is 5.82 Å². The number of nitrogens with zero attached hydrogens (tertiary/aromatic N) is 3. The maximum Gasteiger partial charge on any atom is 0.234 e. The summed E-state index contributed by atoms with van der Waals surface area (Å²) >= 11 is 7.17. The molecule has 2 aromatic carbocycles. The van der Waals surface area contributed by atoms with Gasteiger partial charge in [-0.1, -0.05) is 47.6 Å². The van der Waals surface area contributed by atoms with E-state index in [-0.39, 0.29) is 29.7 Å². The molecule has 0 aliphatic rings. The van der Waals surface area contributed by atoms with Gasteiger partial charge in [-0.25, -0.2) is 4.39 Å². The highest BCUT2D eigenvalue weighted by molar-refractivity contribution is 7.99. The molecule has 0 atom stereocenters. The molecule has 2 N–H and O–H groups in total. The van der Waals surface area contributed by atoms with Crippen LogP contribution in [0.2, 0.25) is 5.02 Å². The van der Waals surface area contributed by atoms with Crippen molar-refractivity contribution in [3.8, 4) is 0 Å². The molecule has 0 unspecified atom stereocenters. The summed E-state index contributed by atoms with van der Waals surface area (Å²) in [5, 5.41) is 14.1. The van der Waals surface area contributed by atoms with Crippen molar-refractivity contribution in [2.45, 2.75) is 11.6 Å². The van der Waals surface area contributed by atoms with Gasteiger partial charge in [0.1, 0.15) is 11.6 Å². The predicted octanol–water partition coefficient (Wildman–Crippen LogP) is 3.52. The molecule has 0 spiro atoms. The molecule has 0 fully saturated rings. The number of halogens is 2. The fraction of sp³-hybridized carbons (Fsp3) is 0.158. The van der Waals surface area contributed by atoms with E-state index in [9.17, 15) is 14.0 Å². The number of carbonyl (C=O) groups is 2. The van der Waals surface area contributed by atoms with E-state index in [1.165, 1.54) is 12.1 Å². The molecule has 3 aromatic rings. The number of hydrogen-bond donors (Lipinski definition) is 2. The number of thioether (sulfide) groups is 1. The van der Waals surface area contributed by atoms with Crippen molar-refractivity contribution in [2.75, 3.05) is 16.4 Å². The smallest absolute Gasteiger partial charge is 0.234 e. The largest absolute Gasteiger partial charge is 0.324 e. The van der Waals surface area contributed by atoms with Crippen LogP contribution in [-0.2, 0) is 23.1 Å². The van der Waals surface area contributed by atoms with Crippen molar-refractivity contribution in [3.63, 3.8) is 0 Å². The Labute approximate surface area is 175 Å². The zero-order valence-corrected chi connectivity index (χ0v) is 16.9. The van der Waals surface area contributed by atoms with Crippen molar-refractivity contribution >= 4 is 46.6 Å². The molecule has 0 saturated heterocycles. The Balaban J connectivity index is 1.55. The number of aromatic nitrogens is 3. The number of anilines is 2. The Kier molecular flexibility index (Phi) is 6.84. The minimum Gasteiger partial charge on any atom is -0.324 e. The highest BCUT2D eigenvalue weighted by Gasteiger charge is 2.15. The van der Waals surface area contributed by atoms with E-state index in [0.717, 1.165) is 11.8 Å². The minimum atomic E-state index is -0.503. The van der Waals surface area contributed by atoms with Gasteiger partial charge in [-0.05, 0) is 24.3 Å². The molecule has 1 aromatic heterocycles. The third-order valence-corrected chi connectivity index (χ3v) is 5.22. The summed E-state index contributed by atoms with van der Waals surface area (Å²) in [6, 6.07) is 12.9. The second-order valence-corrected chi connectivity index (χ2v) is 7.33. The van der Waals surface area contributed by atoms with Gasteiger partial charge < -0.3 is 15.2 Å². The summed E-state index contributed by atoms with van der Waals surface area (Å²) in [4.78, 5) is 24.3. The number of rotatable bonds is 7. The molecule has 0 aliphatic heterocycles. The van der Waals surface area contributed by atoms with Crippen LogP contribution >= 0.6 is 23.4 Å². The van der Waals surface area contributed by atoms with Crippen LogP contribution in [0.5, 0.6) is 0 Å². The van der Waals surface area contributed by atoms with E-state index in [2.05, 4.69) is 20.8 Å². The molecular weight excluding hydrogens is 417 g/mol. The van der Waals surface area contributed by atoms with Gasteiger partial charge in [0, 0.05) is 7.05 Å². The molecule has 2 amide bonds. The van der Waals surface area contributed by atoms with Crippen LogP contribution in [0.25, 0.3) is 0 Å². The number of carbonyl (C=O) groups excluding carboxylic acids is 2. The van der Waals surface area contributed by atoms with Gasteiger partial charge in [0.2, 0.25) is 11.8 Å². The normalized spacial score (nSPS) is 10.6. The van der Waals surface area contributed by atoms with Crippen LogP contribution < -0.4 is 10.6 Å². The number of nitrogens with one attached hydrogen (secondary N) is 2. The molecule has 7 nitrogen and oxygen atoms in total. The lowest BCUT2D eigenvalue weighted by molar-refractivity contribution is -0.116. The quantitative estimate of drug-likeness (QED) is 0.556. The lowest BCUT2D eigenvalue weighted by atomic mass is 10.3. The van der Waals surface area contributed by atoms with E-state index in [1.54, 1.807) is 48.0 Å². The van der Waals surface area contributed by atoms with Crippen molar-refractivity contribution in [1.29, 1.82) is 0 Å². The molecular formula is C19H17ClFN5O2S. The lowest BCUT2D eigenvalue weighted by Crippen LogP contribution is -2.17. The summed E-state index contributed by atoms with van der Waals surface area (Å²) in [6.07, 6.45) is -0.00327. The highest BCUT2D eigenvalue weighted by atomic mass is 35.5. The van der Waals surface area contributed by atoms with Crippen LogP contribution in [0.15, 0.2) is 53.7 Å². The first kappa shape index (κ1) is 20.8. The Hall–Kier alpha value is -2.91. The average molecular weight is 434 g/mol. The SMILES string of the molecule is Cn1c(CC(=O)Nc2ccccc2Cl)nnc1SCC(=O)Nc1ccccc1F. The topological polar surface area (TPSA) is 88.9 Å². The standard InChI is InChI=1S/C19H17ClFN5O2S/c1-26-16(10-17(27)22-14-8-4-2-6-12(14)20)24-25-19(26)29-11-18(28)23-15-9-5-3-7-13(15)21/h2-9H,10-11H2,1H3,(H,22,27)(H,23,28). The lowest BCUT2D eigenvalue weighted by Gasteiger charge is -2.07. The second-order valence-electron chi connectivity index (χ2n) is 5.98. The van der Waals surface area contributed by atoms with E-state index >= 15 is 0 Å². The first-order valence-corrected chi connectivity index (χ1v) is 9.90. The highest BCUT2D eigenvalue weighted by Crippen LogP contribution is 2.21. The first-order valence-electron chi connectivity index (χ1n) is 8.54. The van der Waals surface area contributed by atoms with Gasteiger partial charge in [-0.2, -0.15) is 0 Å². The summed E-state index contributed by atoms with van der Waals surface area (Å²) in [6.45, 7) is 0. The number of benzene rings is 2. The number of hydrogen-bond acceptors (Lipinski definition) is 5. The Morgan fingerprint density at radius 1 is 1.03 bits per heavy atom. The van der Waals surface area contributed by atoms with E-state index < -0.39 is 5.82 Å². The molecule has 0 bridgehead atoms. The molecule has 1 heterocycles. The molecule has 10 heteroatoms. The van der Waals surface area contributed by atoms with Gasteiger partial charge >= 0.3 is 0 Å². The van der Waals surface area contributed by atoms with Crippen molar-refractivity contribution in [1.82, 2.24) is 14.8 Å². The average Bonchev–Trinajstić information content (AvgIpc) is 3.03. The number of para-hydroxylation sites is 2. The van der Waals surface area contributed by atoms with Gasteiger partial charge in [-0.15, -0.1) is 10.2 Å². The second kappa shape index (κ2) is 9.53. The number of amides is 2. The summed E-state index contributed by atoms with van der Waals surface area (Å²) in [5.41, 5.74) is 0.633. The van der Waals surface area contributed by atoms with Gasteiger partial charge in [0.05, 0.1) is 28.6 Å². The van der Waals surface area contributed by atoms with E-state index in [0.29, 0.717) is 21.7 Å². The Bertz CT molecular complexity index is 1040. The predicted molar refractivity (Wildman–Crippen MR) is 111 cm³/mol. The van der Waals surface area contributed by atoms with Crippen molar-refractivity contribution in [2.24, 2.45) is 7.05 Å². The molecule has 0 saturated carbocycles. The third-order valence-electron chi connectivity index (χ3n) is 3.87. The van der Waals surface area contributed by atoms with E-state index in [1.807, 2.05) is 0 Å². The van der Waals surface area contributed by atoms with Crippen LogP contribution in [-0.4, -0.2) is 32.3 Å². The van der Waals surface area contributed by atoms with Crippen molar-refractivity contribution < 1.29 is 14.0 Å². The van der Waals surface area contributed by atoms with Crippen LogP contribution in [0.4, 0.5) is 15.8 Å². The van der Waals surface area contributed by atoms with Gasteiger partial charge in [0.15, 0.2) is 5.16 Å². The summed E-state index contributed by atoms with van der Waals surface area (Å²) in [7, 11) is 1.70. The maximum atomic E-state index is 13.6. The van der Waals surface area contributed by atoms with E-state index in [4.69, 9.17) is 11.6 Å². The zero-order chi connectivity index (χ0) is 20.8. The molecule has 0 radical (unpaired) electrons. The summed E-state index contributed by atoms with van der Waals surface area (Å²) in [5.74, 6) is -0.710.